The predicted octanol–water partition coefficient (Wildman–Crippen LogP) is 13.4. The molecule has 0 aromatic carbocycles. The molecule has 1 unspecified atom stereocenters. The lowest BCUT2D eigenvalue weighted by atomic mass is 9.83. The quantitative estimate of drug-likeness (QED) is 0.345. The van der Waals surface area contributed by atoms with Gasteiger partial charge in [0.1, 0.15) is 0 Å². The first-order valence-electron chi connectivity index (χ1n) is 15.7. The third kappa shape index (κ3) is 48.9. The summed E-state index contributed by atoms with van der Waals surface area (Å²) in [7, 11) is 0. The second kappa shape index (κ2) is 22.6. The summed E-state index contributed by atoms with van der Waals surface area (Å²) in [5, 5.41) is 9.10. The maximum Gasteiger partial charge on any atom is 0.0352 e. The van der Waals surface area contributed by atoms with Crippen molar-refractivity contribution in [3.05, 3.63) is 0 Å². The molecule has 2 nitrogen and oxygen atoms in total. The van der Waals surface area contributed by atoms with E-state index >= 15 is 0 Å². The van der Waals surface area contributed by atoms with Crippen molar-refractivity contribution in [1.29, 1.82) is 0 Å². The molecule has 38 heavy (non-hydrogen) atoms. The molecule has 0 aromatic rings. The van der Waals surface area contributed by atoms with Gasteiger partial charge in [-0.3, -0.25) is 0 Å². The van der Waals surface area contributed by atoms with E-state index in [2.05, 4.69) is 137 Å². The minimum absolute atomic E-state index is 0. The molecule has 0 bridgehead atoms. The van der Waals surface area contributed by atoms with Crippen molar-refractivity contribution in [2.45, 2.75) is 203 Å². The number of rotatable bonds is 3. The van der Waals surface area contributed by atoms with Crippen LogP contribution in [-0.4, -0.2) is 11.2 Å². The highest BCUT2D eigenvalue weighted by molar-refractivity contribution is 4.82. The normalized spacial score (nSPS) is 15.2. The van der Waals surface area contributed by atoms with Crippen molar-refractivity contribution in [2.24, 2.45) is 33.0 Å². The SMILES string of the molecule is C.CC(C)(C)CC(NO)C1CCCC1.CCC(C)(C)C.CCC(C)(C)C.CCC(C)(C)C.CCC(C)(C)C. The van der Waals surface area contributed by atoms with Gasteiger partial charge in [-0.25, -0.2) is 5.48 Å². The largest absolute Gasteiger partial charge is 0.317 e. The summed E-state index contributed by atoms with van der Waals surface area (Å²) in [6.45, 7) is 42.4. The molecule has 2 heteroatoms. The van der Waals surface area contributed by atoms with E-state index in [1.165, 1.54) is 51.4 Å². The lowest BCUT2D eigenvalue weighted by molar-refractivity contribution is 0.0744. The Morgan fingerprint density at radius 1 is 0.526 bits per heavy atom. The Labute approximate surface area is 246 Å². The van der Waals surface area contributed by atoms with Crippen LogP contribution in [0.5, 0.6) is 0 Å². The molecule has 0 saturated heterocycles. The lowest BCUT2D eigenvalue weighted by Gasteiger charge is -2.29. The molecule has 0 radical (unpaired) electrons. The minimum atomic E-state index is 0. The molecule has 238 valence electrons. The second-order valence-electron chi connectivity index (χ2n) is 17.2. The third-order valence-corrected chi connectivity index (χ3v) is 7.21. The maximum atomic E-state index is 9.10. The Hall–Kier alpha value is -0.0800. The van der Waals surface area contributed by atoms with Crippen LogP contribution < -0.4 is 5.48 Å². The van der Waals surface area contributed by atoms with Gasteiger partial charge in [-0.15, -0.1) is 0 Å². The van der Waals surface area contributed by atoms with Crippen molar-refractivity contribution >= 4 is 0 Å². The zero-order valence-corrected chi connectivity index (χ0v) is 30.0. The van der Waals surface area contributed by atoms with Crippen LogP contribution in [0, 0.1) is 33.0 Å². The zero-order chi connectivity index (χ0) is 30.7. The first kappa shape index (κ1) is 47.7. The molecule has 1 rings (SSSR count). The van der Waals surface area contributed by atoms with Crippen molar-refractivity contribution in [1.82, 2.24) is 5.48 Å². The van der Waals surface area contributed by atoms with Gasteiger partial charge in [0.2, 0.25) is 0 Å². The molecule has 0 aromatic heterocycles. The van der Waals surface area contributed by atoms with Crippen LogP contribution in [0.4, 0.5) is 0 Å². The average molecular weight is 546 g/mol. The van der Waals surface area contributed by atoms with Gasteiger partial charge in [0.05, 0.1) is 0 Å². The molecule has 0 aliphatic heterocycles. The summed E-state index contributed by atoms with van der Waals surface area (Å²) in [6, 6.07) is 0.308. The second-order valence-corrected chi connectivity index (χ2v) is 17.2. The van der Waals surface area contributed by atoms with Gasteiger partial charge in [0.15, 0.2) is 0 Å². The summed E-state index contributed by atoms with van der Waals surface area (Å²) >= 11 is 0. The molecule has 1 aliphatic rings. The van der Waals surface area contributed by atoms with Gasteiger partial charge < -0.3 is 5.21 Å². The Balaban J connectivity index is -0.000000126. The minimum Gasteiger partial charge on any atom is -0.317 e. The van der Waals surface area contributed by atoms with E-state index in [0.717, 1.165) is 6.42 Å². The summed E-state index contributed by atoms with van der Waals surface area (Å²) < 4.78 is 0. The fourth-order valence-electron chi connectivity index (χ4n) is 2.34. The molecule has 1 fully saturated rings. The van der Waals surface area contributed by atoms with E-state index in [-0.39, 0.29) is 7.43 Å². The highest BCUT2D eigenvalue weighted by atomic mass is 16.5. The van der Waals surface area contributed by atoms with E-state index in [0.29, 0.717) is 39.0 Å². The monoisotopic (exact) mass is 546 g/mol. The average Bonchev–Trinajstić information content (AvgIpc) is 3.26. The van der Waals surface area contributed by atoms with Crippen LogP contribution in [-0.2, 0) is 0 Å². The van der Waals surface area contributed by atoms with Gasteiger partial charge in [-0.2, -0.15) is 0 Å². The fraction of sp³-hybridized carbons (Fsp3) is 1.00. The third-order valence-electron chi connectivity index (χ3n) is 7.21. The predicted molar refractivity (Wildman–Crippen MR) is 180 cm³/mol. The van der Waals surface area contributed by atoms with Crippen LogP contribution in [0.25, 0.3) is 0 Å². The smallest absolute Gasteiger partial charge is 0.0352 e. The Kier molecular flexibility index (Phi) is 28.4. The van der Waals surface area contributed by atoms with E-state index in [1.54, 1.807) is 0 Å². The highest BCUT2D eigenvalue weighted by Crippen LogP contribution is 2.33. The van der Waals surface area contributed by atoms with Gasteiger partial charge in [-0.05, 0) is 52.3 Å². The number of hydrogen-bond donors (Lipinski definition) is 2. The Morgan fingerprint density at radius 2 is 0.737 bits per heavy atom. The Bertz CT molecular complexity index is 412. The van der Waals surface area contributed by atoms with Crippen LogP contribution >= 0.6 is 0 Å². The van der Waals surface area contributed by atoms with Crippen molar-refractivity contribution in [2.75, 3.05) is 0 Å². The highest BCUT2D eigenvalue weighted by Gasteiger charge is 2.28. The van der Waals surface area contributed by atoms with Crippen LogP contribution in [0.1, 0.15) is 197 Å². The van der Waals surface area contributed by atoms with Gasteiger partial charge in [-0.1, -0.05) is 178 Å². The number of nitrogens with one attached hydrogen (secondary N) is 1. The van der Waals surface area contributed by atoms with Crippen LogP contribution in [0.2, 0.25) is 0 Å². The molecule has 0 heterocycles. The first-order valence-corrected chi connectivity index (χ1v) is 15.7. The molecule has 0 spiro atoms. The van der Waals surface area contributed by atoms with Gasteiger partial charge in [0, 0.05) is 6.04 Å². The lowest BCUT2D eigenvalue weighted by Crippen LogP contribution is -2.36. The summed E-state index contributed by atoms with van der Waals surface area (Å²) in [5.41, 5.74) is 4.98. The van der Waals surface area contributed by atoms with E-state index < -0.39 is 0 Å². The van der Waals surface area contributed by atoms with Crippen LogP contribution in [0.15, 0.2) is 0 Å². The van der Waals surface area contributed by atoms with Crippen LogP contribution in [0.3, 0.4) is 0 Å². The molecule has 1 atom stereocenters. The van der Waals surface area contributed by atoms with Crippen molar-refractivity contribution < 1.29 is 5.21 Å². The van der Waals surface area contributed by atoms with Crippen molar-refractivity contribution in [3.63, 3.8) is 0 Å². The van der Waals surface area contributed by atoms with Gasteiger partial charge in [0.25, 0.3) is 0 Å². The summed E-state index contributed by atoms with van der Waals surface area (Å²) in [5.74, 6) is 0.698. The zero-order valence-electron chi connectivity index (χ0n) is 30.0. The number of hydrogen-bond acceptors (Lipinski definition) is 2. The van der Waals surface area contributed by atoms with Crippen molar-refractivity contribution in [3.8, 4) is 0 Å². The Morgan fingerprint density at radius 3 is 0.868 bits per heavy atom. The topological polar surface area (TPSA) is 32.3 Å². The first-order chi connectivity index (χ1) is 16.3. The summed E-state index contributed by atoms with van der Waals surface area (Å²) in [4.78, 5) is 0. The molecule has 1 aliphatic carbocycles. The molecule has 1 saturated carbocycles. The molecular formula is C36H83NO. The fourth-order valence-corrected chi connectivity index (χ4v) is 2.34. The standard InChI is InChI=1S/C11H23NO.4C6H14.CH4/c1-11(2,3)8-10(12-13)9-6-4-5-7-9;4*1-5-6(2,3)4;/h9-10,12-13H,4-8H2,1-3H3;4*5H2,1-4H3;1H4. The maximum absolute atomic E-state index is 9.10. The summed E-state index contributed by atoms with van der Waals surface area (Å²) in [6.07, 6.45) is 11.4. The van der Waals surface area contributed by atoms with E-state index in [4.69, 9.17) is 5.21 Å². The molecule has 2 N–H and O–H groups in total. The van der Waals surface area contributed by atoms with Gasteiger partial charge >= 0.3 is 0 Å². The number of hydroxylamine groups is 1. The molecule has 0 amide bonds. The van der Waals surface area contributed by atoms with E-state index in [1.807, 2.05) is 0 Å². The molecular weight excluding hydrogens is 462 g/mol. The van der Waals surface area contributed by atoms with E-state index in [9.17, 15) is 0 Å².